The van der Waals surface area contributed by atoms with Crippen molar-refractivity contribution in [3.63, 3.8) is 0 Å². The summed E-state index contributed by atoms with van der Waals surface area (Å²) < 4.78 is 16.3. The number of benzene rings is 2. The molecular formula is C18H12Br2FN3O2. The second-order valence-electron chi connectivity index (χ2n) is 5.39. The standard InChI is InChI=1S/C18H12Br2FN3O2/c19-12-3-1-11(2-4-12)15-7-8-18(26)24(23-15)10-17(25)22-16-6-5-13(20)9-14(16)21/h1-9H,10H2,(H,22,25). The van der Waals surface area contributed by atoms with Gasteiger partial charge in [0.1, 0.15) is 12.4 Å². The minimum absolute atomic E-state index is 0.0373. The number of anilines is 1. The van der Waals surface area contributed by atoms with Crippen molar-refractivity contribution < 1.29 is 9.18 Å². The zero-order valence-electron chi connectivity index (χ0n) is 13.2. The SMILES string of the molecule is O=C(Cn1nc(-c2ccc(Br)cc2)ccc1=O)Nc1ccc(Br)cc1F. The van der Waals surface area contributed by atoms with E-state index in [0.29, 0.717) is 10.2 Å². The van der Waals surface area contributed by atoms with E-state index in [-0.39, 0.29) is 12.2 Å². The van der Waals surface area contributed by atoms with E-state index >= 15 is 0 Å². The predicted octanol–water partition coefficient (Wildman–Crippen LogP) is 4.21. The van der Waals surface area contributed by atoms with Crippen molar-refractivity contribution in [1.82, 2.24) is 9.78 Å². The average molecular weight is 481 g/mol. The number of amides is 1. The molecule has 132 valence electrons. The number of nitrogens with zero attached hydrogens (tertiary/aromatic N) is 2. The molecule has 0 saturated carbocycles. The molecular weight excluding hydrogens is 469 g/mol. The number of nitrogens with one attached hydrogen (secondary N) is 1. The normalized spacial score (nSPS) is 10.6. The molecule has 5 nitrogen and oxygen atoms in total. The fourth-order valence-corrected chi connectivity index (χ4v) is 2.85. The molecule has 2 aromatic carbocycles. The van der Waals surface area contributed by atoms with Gasteiger partial charge in [-0.3, -0.25) is 9.59 Å². The Labute approximate surface area is 165 Å². The van der Waals surface area contributed by atoms with Crippen LogP contribution in [-0.2, 0) is 11.3 Å². The van der Waals surface area contributed by atoms with Gasteiger partial charge < -0.3 is 5.32 Å². The van der Waals surface area contributed by atoms with Gasteiger partial charge >= 0.3 is 0 Å². The largest absolute Gasteiger partial charge is 0.322 e. The van der Waals surface area contributed by atoms with E-state index < -0.39 is 17.3 Å². The summed E-state index contributed by atoms with van der Waals surface area (Å²) in [6, 6.07) is 14.6. The highest BCUT2D eigenvalue weighted by molar-refractivity contribution is 9.10. The lowest BCUT2D eigenvalue weighted by Gasteiger charge is -2.09. The maximum Gasteiger partial charge on any atom is 0.267 e. The van der Waals surface area contributed by atoms with E-state index in [1.165, 1.54) is 18.2 Å². The number of halogens is 3. The smallest absolute Gasteiger partial charge is 0.267 e. The lowest BCUT2D eigenvalue weighted by atomic mass is 10.1. The van der Waals surface area contributed by atoms with Crippen LogP contribution in [0.2, 0.25) is 0 Å². The van der Waals surface area contributed by atoms with E-state index in [9.17, 15) is 14.0 Å². The quantitative estimate of drug-likeness (QED) is 0.608. The van der Waals surface area contributed by atoms with Gasteiger partial charge in [0.2, 0.25) is 5.91 Å². The highest BCUT2D eigenvalue weighted by Gasteiger charge is 2.11. The van der Waals surface area contributed by atoms with Crippen molar-refractivity contribution in [2.75, 3.05) is 5.32 Å². The van der Waals surface area contributed by atoms with Crippen molar-refractivity contribution in [1.29, 1.82) is 0 Å². The predicted molar refractivity (Wildman–Crippen MR) is 104 cm³/mol. The Bertz CT molecular complexity index is 1020. The molecule has 0 radical (unpaired) electrons. The lowest BCUT2D eigenvalue weighted by molar-refractivity contribution is -0.117. The molecule has 1 amide bonds. The highest BCUT2D eigenvalue weighted by atomic mass is 79.9. The fourth-order valence-electron chi connectivity index (χ4n) is 2.25. The van der Waals surface area contributed by atoms with E-state index in [1.54, 1.807) is 12.1 Å². The van der Waals surface area contributed by atoms with Gasteiger partial charge in [0.25, 0.3) is 5.56 Å². The Morgan fingerprint density at radius 1 is 1.04 bits per heavy atom. The van der Waals surface area contributed by atoms with Crippen LogP contribution in [0, 0.1) is 5.82 Å². The van der Waals surface area contributed by atoms with Crippen molar-refractivity contribution >= 4 is 43.5 Å². The molecule has 3 aromatic rings. The molecule has 0 unspecified atom stereocenters. The van der Waals surface area contributed by atoms with Crippen molar-refractivity contribution in [2.45, 2.75) is 6.54 Å². The van der Waals surface area contributed by atoms with Gasteiger partial charge in [0, 0.05) is 20.6 Å². The molecule has 8 heteroatoms. The molecule has 3 rings (SSSR count). The fraction of sp³-hybridized carbons (Fsp3) is 0.0556. The maximum atomic E-state index is 13.8. The zero-order chi connectivity index (χ0) is 18.7. The lowest BCUT2D eigenvalue weighted by Crippen LogP contribution is -2.29. The van der Waals surface area contributed by atoms with Crippen LogP contribution in [0.5, 0.6) is 0 Å². The van der Waals surface area contributed by atoms with Crippen LogP contribution in [0.15, 0.2) is 68.3 Å². The van der Waals surface area contributed by atoms with Crippen LogP contribution >= 0.6 is 31.9 Å². The summed E-state index contributed by atoms with van der Waals surface area (Å²) in [4.78, 5) is 24.2. The second kappa shape index (κ2) is 7.92. The van der Waals surface area contributed by atoms with Crippen LogP contribution < -0.4 is 10.9 Å². The molecule has 0 bridgehead atoms. The maximum absolute atomic E-state index is 13.8. The number of hydrogen-bond acceptors (Lipinski definition) is 3. The van der Waals surface area contributed by atoms with E-state index in [2.05, 4.69) is 42.3 Å². The monoisotopic (exact) mass is 479 g/mol. The summed E-state index contributed by atoms with van der Waals surface area (Å²) in [6.45, 7) is -0.321. The Kier molecular flexibility index (Phi) is 5.63. The van der Waals surface area contributed by atoms with E-state index in [1.807, 2.05) is 24.3 Å². The van der Waals surface area contributed by atoms with Crippen LogP contribution in [0.3, 0.4) is 0 Å². The van der Waals surface area contributed by atoms with Crippen LogP contribution in [0.25, 0.3) is 11.3 Å². The Balaban J connectivity index is 1.80. The summed E-state index contributed by atoms with van der Waals surface area (Å²) in [6.07, 6.45) is 0. The van der Waals surface area contributed by atoms with Gasteiger partial charge in [-0.05, 0) is 36.4 Å². The summed E-state index contributed by atoms with van der Waals surface area (Å²) in [5.41, 5.74) is 0.980. The number of carbonyl (C=O) groups is 1. The third-order valence-corrected chi connectivity index (χ3v) is 4.53. The van der Waals surface area contributed by atoms with Crippen molar-refractivity contribution in [2.24, 2.45) is 0 Å². The average Bonchev–Trinajstić information content (AvgIpc) is 2.60. The molecule has 1 N–H and O–H groups in total. The molecule has 0 aliphatic rings. The van der Waals surface area contributed by atoms with Crippen LogP contribution in [0.1, 0.15) is 0 Å². The van der Waals surface area contributed by atoms with E-state index in [0.717, 1.165) is 14.7 Å². The number of hydrogen-bond donors (Lipinski definition) is 1. The first-order valence-electron chi connectivity index (χ1n) is 7.51. The molecule has 1 aromatic heterocycles. The summed E-state index contributed by atoms with van der Waals surface area (Å²) in [5.74, 6) is -1.12. The topological polar surface area (TPSA) is 64.0 Å². The van der Waals surface area contributed by atoms with Crippen molar-refractivity contribution in [3.8, 4) is 11.3 Å². The molecule has 0 aliphatic heterocycles. The molecule has 26 heavy (non-hydrogen) atoms. The van der Waals surface area contributed by atoms with Gasteiger partial charge in [0.05, 0.1) is 11.4 Å². The van der Waals surface area contributed by atoms with E-state index in [4.69, 9.17) is 0 Å². The molecule has 0 atom stereocenters. The van der Waals surface area contributed by atoms with Crippen molar-refractivity contribution in [3.05, 3.63) is 79.7 Å². The number of rotatable bonds is 4. The molecule has 1 heterocycles. The first kappa shape index (κ1) is 18.5. The first-order chi connectivity index (χ1) is 12.4. The minimum Gasteiger partial charge on any atom is -0.322 e. The minimum atomic E-state index is -0.573. The third kappa shape index (κ3) is 4.44. The molecule has 0 spiro atoms. The van der Waals surface area contributed by atoms with Gasteiger partial charge in [-0.1, -0.05) is 44.0 Å². The molecule has 0 saturated heterocycles. The Morgan fingerprint density at radius 3 is 2.42 bits per heavy atom. The van der Waals surface area contributed by atoms with Gasteiger partial charge in [-0.25, -0.2) is 9.07 Å². The third-order valence-electron chi connectivity index (χ3n) is 3.51. The highest BCUT2D eigenvalue weighted by Crippen LogP contribution is 2.20. The van der Waals surface area contributed by atoms with Crippen LogP contribution in [0.4, 0.5) is 10.1 Å². The zero-order valence-corrected chi connectivity index (χ0v) is 16.4. The second-order valence-corrected chi connectivity index (χ2v) is 7.23. The number of carbonyl (C=O) groups excluding carboxylic acids is 1. The first-order valence-corrected chi connectivity index (χ1v) is 9.10. The van der Waals surface area contributed by atoms with Gasteiger partial charge in [-0.15, -0.1) is 0 Å². The van der Waals surface area contributed by atoms with Gasteiger partial charge in [0.15, 0.2) is 0 Å². The molecule has 0 fully saturated rings. The number of aromatic nitrogens is 2. The van der Waals surface area contributed by atoms with Gasteiger partial charge in [-0.2, -0.15) is 5.10 Å². The van der Waals surface area contributed by atoms with Crippen LogP contribution in [-0.4, -0.2) is 15.7 Å². The molecule has 0 aliphatic carbocycles. The summed E-state index contributed by atoms with van der Waals surface area (Å²) >= 11 is 6.51. The Hall–Kier alpha value is -2.32. The Morgan fingerprint density at radius 2 is 1.73 bits per heavy atom. The summed E-state index contributed by atoms with van der Waals surface area (Å²) in [7, 11) is 0. The summed E-state index contributed by atoms with van der Waals surface area (Å²) in [5, 5.41) is 6.66.